The van der Waals surface area contributed by atoms with Gasteiger partial charge in [-0.15, -0.1) is 0 Å². The monoisotopic (exact) mass is 266 g/mol. The first kappa shape index (κ1) is 15.3. The van der Waals surface area contributed by atoms with Gasteiger partial charge in [0.2, 0.25) is 0 Å². The van der Waals surface area contributed by atoms with Crippen molar-refractivity contribution in [3.63, 3.8) is 0 Å². The van der Waals surface area contributed by atoms with Crippen molar-refractivity contribution in [1.82, 2.24) is 10.2 Å². The van der Waals surface area contributed by atoms with Gasteiger partial charge in [0, 0.05) is 18.1 Å². The van der Waals surface area contributed by atoms with E-state index in [-0.39, 0.29) is 0 Å². The fourth-order valence-corrected chi connectivity index (χ4v) is 3.98. The predicted molar refractivity (Wildman–Crippen MR) is 83.5 cm³/mol. The summed E-state index contributed by atoms with van der Waals surface area (Å²) < 4.78 is 0. The third-order valence-corrected chi connectivity index (χ3v) is 5.52. The Bertz CT molecular complexity index is 238. The molecule has 112 valence electrons. The van der Waals surface area contributed by atoms with Crippen molar-refractivity contribution in [2.75, 3.05) is 13.6 Å². The Kier molecular flexibility index (Phi) is 6.15. The second-order valence-electron chi connectivity index (χ2n) is 7.04. The molecule has 0 aliphatic heterocycles. The molecule has 2 heteroatoms. The topological polar surface area (TPSA) is 15.3 Å². The molecule has 2 aliphatic rings. The molecular weight excluding hydrogens is 232 g/mol. The van der Waals surface area contributed by atoms with Gasteiger partial charge in [-0.2, -0.15) is 0 Å². The smallest absolute Gasteiger partial charge is 0.00963 e. The van der Waals surface area contributed by atoms with Crippen molar-refractivity contribution in [2.24, 2.45) is 5.92 Å². The largest absolute Gasteiger partial charge is 0.314 e. The lowest BCUT2D eigenvalue weighted by molar-refractivity contribution is 0.0934. The summed E-state index contributed by atoms with van der Waals surface area (Å²) in [5.74, 6) is 0.971. The average Bonchev–Trinajstić information content (AvgIpc) is 2.46. The van der Waals surface area contributed by atoms with E-state index in [0.29, 0.717) is 0 Å². The Hall–Kier alpha value is -0.0800. The third kappa shape index (κ3) is 4.46. The van der Waals surface area contributed by atoms with Crippen LogP contribution in [0.15, 0.2) is 0 Å². The molecule has 0 atom stereocenters. The van der Waals surface area contributed by atoms with Crippen molar-refractivity contribution in [2.45, 2.75) is 89.8 Å². The Morgan fingerprint density at radius 1 is 0.895 bits per heavy atom. The first-order chi connectivity index (χ1) is 9.20. The number of nitrogens with one attached hydrogen (secondary N) is 1. The second kappa shape index (κ2) is 7.64. The fraction of sp³-hybridized carbons (Fsp3) is 1.00. The zero-order valence-electron chi connectivity index (χ0n) is 13.3. The molecule has 2 aliphatic carbocycles. The highest BCUT2D eigenvalue weighted by Crippen LogP contribution is 2.31. The lowest BCUT2D eigenvalue weighted by atomic mass is 9.84. The standard InChI is InChI=1S/C17H34N2/c1-4-13-18-15-7-11-17(12-8-15)19(3)16-9-5-14(2)6-10-16/h14-18H,4-13H2,1-3H3. The van der Waals surface area contributed by atoms with Gasteiger partial charge in [-0.25, -0.2) is 0 Å². The van der Waals surface area contributed by atoms with Crippen LogP contribution in [0.1, 0.15) is 71.6 Å². The number of hydrogen-bond donors (Lipinski definition) is 1. The van der Waals surface area contributed by atoms with Gasteiger partial charge >= 0.3 is 0 Å². The van der Waals surface area contributed by atoms with Crippen LogP contribution in [-0.4, -0.2) is 36.6 Å². The van der Waals surface area contributed by atoms with Crippen molar-refractivity contribution in [3.05, 3.63) is 0 Å². The van der Waals surface area contributed by atoms with Gasteiger partial charge in [0.05, 0.1) is 0 Å². The van der Waals surface area contributed by atoms with Crippen molar-refractivity contribution in [1.29, 1.82) is 0 Å². The summed E-state index contributed by atoms with van der Waals surface area (Å²) >= 11 is 0. The molecule has 2 fully saturated rings. The Balaban J connectivity index is 1.71. The lowest BCUT2D eigenvalue weighted by Gasteiger charge is -2.41. The summed E-state index contributed by atoms with van der Waals surface area (Å²) in [5, 5.41) is 3.70. The van der Waals surface area contributed by atoms with E-state index in [1.165, 1.54) is 64.3 Å². The van der Waals surface area contributed by atoms with E-state index in [4.69, 9.17) is 0 Å². The van der Waals surface area contributed by atoms with Crippen LogP contribution in [0, 0.1) is 5.92 Å². The molecule has 0 aromatic heterocycles. The molecular formula is C17H34N2. The quantitative estimate of drug-likeness (QED) is 0.814. The molecule has 0 spiro atoms. The highest BCUT2D eigenvalue weighted by atomic mass is 15.2. The van der Waals surface area contributed by atoms with E-state index in [9.17, 15) is 0 Å². The Morgan fingerprint density at radius 2 is 1.42 bits per heavy atom. The van der Waals surface area contributed by atoms with Gasteiger partial charge in [-0.3, -0.25) is 0 Å². The number of hydrogen-bond acceptors (Lipinski definition) is 2. The van der Waals surface area contributed by atoms with Gasteiger partial charge in [-0.05, 0) is 77.3 Å². The van der Waals surface area contributed by atoms with Crippen molar-refractivity contribution >= 4 is 0 Å². The highest BCUT2D eigenvalue weighted by Gasteiger charge is 2.29. The Morgan fingerprint density at radius 3 is 1.95 bits per heavy atom. The van der Waals surface area contributed by atoms with Gasteiger partial charge in [-0.1, -0.05) is 13.8 Å². The maximum absolute atomic E-state index is 3.70. The number of nitrogens with zero attached hydrogens (tertiary/aromatic N) is 1. The van der Waals surface area contributed by atoms with Crippen LogP contribution in [0.2, 0.25) is 0 Å². The molecule has 0 heterocycles. The SMILES string of the molecule is CCCNC1CCC(N(C)C2CCC(C)CC2)CC1. The van der Waals surface area contributed by atoms with Gasteiger partial charge in [0.1, 0.15) is 0 Å². The number of rotatable bonds is 5. The molecule has 19 heavy (non-hydrogen) atoms. The first-order valence-corrected chi connectivity index (χ1v) is 8.66. The molecule has 0 unspecified atom stereocenters. The second-order valence-corrected chi connectivity index (χ2v) is 7.04. The minimum absolute atomic E-state index is 0.802. The molecule has 2 rings (SSSR count). The normalized spacial score (nSPS) is 36.6. The summed E-state index contributed by atoms with van der Waals surface area (Å²) in [5.41, 5.74) is 0. The zero-order valence-corrected chi connectivity index (χ0v) is 13.3. The maximum atomic E-state index is 3.70. The first-order valence-electron chi connectivity index (χ1n) is 8.66. The summed E-state index contributed by atoms with van der Waals surface area (Å²) in [7, 11) is 2.39. The van der Waals surface area contributed by atoms with Crippen LogP contribution in [0.3, 0.4) is 0 Å². The van der Waals surface area contributed by atoms with Crippen molar-refractivity contribution < 1.29 is 0 Å². The summed E-state index contributed by atoms with van der Waals surface area (Å²) in [6, 6.07) is 2.54. The molecule has 1 N–H and O–H groups in total. The van der Waals surface area contributed by atoms with E-state index < -0.39 is 0 Å². The molecule has 0 radical (unpaired) electrons. The summed E-state index contributed by atoms with van der Waals surface area (Å²) in [4.78, 5) is 2.74. The van der Waals surface area contributed by atoms with Gasteiger partial charge in [0.15, 0.2) is 0 Å². The van der Waals surface area contributed by atoms with Crippen LogP contribution in [0.4, 0.5) is 0 Å². The summed E-state index contributed by atoms with van der Waals surface area (Å²) in [6.45, 7) is 5.88. The molecule has 0 aromatic carbocycles. The van der Waals surface area contributed by atoms with E-state index in [2.05, 4.69) is 31.1 Å². The van der Waals surface area contributed by atoms with E-state index in [1.54, 1.807) is 0 Å². The van der Waals surface area contributed by atoms with Gasteiger partial charge < -0.3 is 10.2 Å². The lowest BCUT2D eigenvalue weighted by Crippen LogP contribution is -2.46. The summed E-state index contributed by atoms with van der Waals surface area (Å²) in [6.07, 6.45) is 12.6. The Labute approximate surface area is 120 Å². The zero-order chi connectivity index (χ0) is 13.7. The van der Waals surface area contributed by atoms with E-state index in [1.807, 2.05) is 0 Å². The predicted octanol–water partition coefficient (Wildman–Crippen LogP) is 3.81. The fourth-order valence-electron chi connectivity index (χ4n) is 3.98. The van der Waals surface area contributed by atoms with Crippen LogP contribution >= 0.6 is 0 Å². The van der Waals surface area contributed by atoms with E-state index in [0.717, 1.165) is 24.0 Å². The minimum Gasteiger partial charge on any atom is -0.314 e. The third-order valence-electron chi connectivity index (χ3n) is 5.52. The van der Waals surface area contributed by atoms with Crippen LogP contribution in [-0.2, 0) is 0 Å². The van der Waals surface area contributed by atoms with E-state index >= 15 is 0 Å². The van der Waals surface area contributed by atoms with Gasteiger partial charge in [0.25, 0.3) is 0 Å². The molecule has 0 aromatic rings. The molecule has 0 bridgehead atoms. The molecule has 2 nitrogen and oxygen atoms in total. The molecule has 2 saturated carbocycles. The van der Waals surface area contributed by atoms with Crippen LogP contribution in [0.25, 0.3) is 0 Å². The van der Waals surface area contributed by atoms with Crippen molar-refractivity contribution in [3.8, 4) is 0 Å². The van der Waals surface area contributed by atoms with Crippen LogP contribution in [0.5, 0.6) is 0 Å². The minimum atomic E-state index is 0.802. The molecule has 0 amide bonds. The highest BCUT2D eigenvalue weighted by molar-refractivity contribution is 4.86. The molecule has 0 saturated heterocycles. The maximum Gasteiger partial charge on any atom is 0.00963 e. The van der Waals surface area contributed by atoms with Crippen LogP contribution < -0.4 is 5.32 Å². The average molecular weight is 266 g/mol.